The van der Waals surface area contributed by atoms with Gasteiger partial charge in [-0.2, -0.15) is 4.80 Å². The van der Waals surface area contributed by atoms with Crippen molar-refractivity contribution in [3.8, 4) is 11.4 Å². The first-order valence-corrected chi connectivity index (χ1v) is 8.89. The van der Waals surface area contributed by atoms with Crippen molar-refractivity contribution in [3.63, 3.8) is 0 Å². The molecule has 0 atom stereocenters. The number of nitrogens with one attached hydrogen (secondary N) is 1. The van der Waals surface area contributed by atoms with Crippen LogP contribution in [0.4, 0.5) is 0 Å². The number of hydrogen-bond acceptors (Lipinski definition) is 4. The van der Waals surface area contributed by atoms with E-state index >= 15 is 0 Å². The maximum absolute atomic E-state index is 12.0. The number of benzene rings is 2. The normalized spacial score (nSPS) is 10.7. The molecule has 0 spiro atoms. The van der Waals surface area contributed by atoms with E-state index in [1.54, 1.807) is 24.3 Å². The maximum Gasteiger partial charge on any atom is 0.243 e. The zero-order valence-corrected chi connectivity index (χ0v) is 15.8. The summed E-state index contributed by atoms with van der Waals surface area (Å²) in [5.41, 5.74) is 1.58. The predicted octanol–water partition coefficient (Wildman–Crippen LogP) is 3.66. The summed E-state index contributed by atoms with van der Waals surface area (Å²) >= 11 is 18.1. The fraction of sp³-hybridized carbons (Fsp3) is 0.176. The Morgan fingerprint density at radius 1 is 1.08 bits per heavy atom. The highest BCUT2D eigenvalue weighted by Gasteiger charge is 2.11. The van der Waals surface area contributed by atoms with E-state index in [1.165, 1.54) is 4.80 Å². The number of carbonyl (C=O) groups is 1. The molecule has 0 bridgehead atoms. The lowest BCUT2D eigenvalue weighted by Crippen LogP contribution is -2.30. The van der Waals surface area contributed by atoms with E-state index in [2.05, 4.69) is 20.7 Å². The third-order valence-corrected chi connectivity index (χ3v) is 4.50. The van der Waals surface area contributed by atoms with Gasteiger partial charge in [0.1, 0.15) is 6.54 Å². The zero-order chi connectivity index (χ0) is 18.5. The van der Waals surface area contributed by atoms with Crippen molar-refractivity contribution in [3.05, 3.63) is 63.1 Å². The molecule has 3 rings (SSSR count). The minimum Gasteiger partial charge on any atom is -0.354 e. The molecule has 0 aliphatic carbocycles. The molecule has 0 saturated carbocycles. The third-order valence-electron chi connectivity index (χ3n) is 3.58. The Labute approximate surface area is 165 Å². The van der Waals surface area contributed by atoms with Crippen molar-refractivity contribution in [2.75, 3.05) is 6.54 Å². The van der Waals surface area contributed by atoms with Crippen LogP contribution in [-0.4, -0.2) is 32.7 Å². The van der Waals surface area contributed by atoms with Crippen LogP contribution < -0.4 is 5.32 Å². The Kier molecular flexibility index (Phi) is 6.08. The molecule has 0 fully saturated rings. The van der Waals surface area contributed by atoms with Gasteiger partial charge in [-0.25, -0.2) is 0 Å². The van der Waals surface area contributed by atoms with Crippen molar-refractivity contribution in [2.45, 2.75) is 13.0 Å². The number of amides is 1. The summed E-state index contributed by atoms with van der Waals surface area (Å²) in [6.07, 6.45) is 0.595. The molecule has 6 nitrogen and oxygen atoms in total. The number of tetrazole rings is 1. The molecule has 26 heavy (non-hydrogen) atoms. The lowest BCUT2D eigenvalue weighted by atomic mass is 10.1. The lowest BCUT2D eigenvalue weighted by molar-refractivity contribution is -0.122. The SMILES string of the molecule is O=C(Cn1nnc(-c2ccccc2Cl)n1)NCCc1ccc(Cl)cc1Cl. The molecular weight excluding hydrogens is 397 g/mol. The van der Waals surface area contributed by atoms with E-state index in [4.69, 9.17) is 34.8 Å². The Hall–Kier alpha value is -2.15. The van der Waals surface area contributed by atoms with Crippen LogP contribution in [0.2, 0.25) is 15.1 Å². The van der Waals surface area contributed by atoms with E-state index in [0.29, 0.717) is 39.4 Å². The molecule has 0 aliphatic heterocycles. The van der Waals surface area contributed by atoms with Crippen LogP contribution in [0.25, 0.3) is 11.4 Å². The first-order valence-electron chi connectivity index (χ1n) is 7.76. The van der Waals surface area contributed by atoms with E-state index in [9.17, 15) is 4.79 Å². The molecule has 0 aliphatic rings. The van der Waals surface area contributed by atoms with Crippen LogP contribution in [0.5, 0.6) is 0 Å². The smallest absolute Gasteiger partial charge is 0.243 e. The van der Waals surface area contributed by atoms with Gasteiger partial charge < -0.3 is 5.32 Å². The second-order valence-electron chi connectivity index (χ2n) is 5.46. The van der Waals surface area contributed by atoms with Crippen molar-refractivity contribution in [1.82, 2.24) is 25.5 Å². The van der Waals surface area contributed by atoms with E-state index < -0.39 is 0 Å². The Morgan fingerprint density at radius 3 is 2.65 bits per heavy atom. The second-order valence-corrected chi connectivity index (χ2v) is 6.71. The number of aromatic nitrogens is 4. The molecule has 0 unspecified atom stereocenters. The largest absolute Gasteiger partial charge is 0.354 e. The van der Waals surface area contributed by atoms with E-state index in [-0.39, 0.29) is 12.5 Å². The van der Waals surface area contributed by atoms with Gasteiger partial charge in [0.15, 0.2) is 0 Å². The highest BCUT2D eigenvalue weighted by Crippen LogP contribution is 2.23. The van der Waals surface area contributed by atoms with Crippen LogP contribution >= 0.6 is 34.8 Å². The van der Waals surface area contributed by atoms with Gasteiger partial charge in [-0.1, -0.05) is 53.0 Å². The number of nitrogens with zero attached hydrogens (tertiary/aromatic N) is 4. The summed E-state index contributed by atoms with van der Waals surface area (Å²) in [5, 5.41) is 16.5. The molecule has 134 valence electrons. The van der Waals surface area contributed by atoms with Crippen molar-refractivity contribution < 1.29 is 4.79 Å². The molecule has 2 aromatic carbocycles. The predicted molar refractivity (Wildman–Crippen MR) is 101 cm³/mol. The van der Waals surface area contributed by atoms with Crippen LogP contribution in [0, 0.1) is 0 Å². The van der Waals surface area contributed by atoms with Crippen LogP contribution in [0.15, 0.2) is 42.5 Å². The molecular formula is C17H14Cl3N5O. The summed E-state index contributed by atoms with van der Waals surface area (Å²) in [6.45, 7) is 0.401. The molecule has 1 amide bonds. The number of carbonyl (C=O) groups excluding carboxylic acids is 1. The summed E-state index contributed by atoms with van der Waals surface area (Å²) < 4.78 is 0. The van der Waals surface area contributed by atoms with E-state index in [1.807, 2.05) is 18.2 Å². The maximum atomic E-state index is 12.0. The lowest BCUT2D eigenvalue weighted by Gasteiger charge is -2.06. The highest BCUT2D eigenvalue weighted by molar-refractivity contribution is 6.35. The molecule has 9 heteroatoms. The minimum atomic E-state index is -0.224. The van der Waals surface area contributed by atoms with Crippen LogP contribution in [-0.2, 0) is 17.8 Å². The summed E-state index contributed by atoms with van der Waals surface area (Å²) in [6, 6.07) is 12.5. The first-order chi connectivity index (χ1) is 12.5. The Balaban J connectivity index is 1.53. The Bertz CT molecular complexity index is 928. The molecule has 3 aromatic rings. The fourth-order valence-electron chi connectivity index (χ4n) is 2.31. The quantitative estimate of drug-likeness (QED) is 0.673. The monoisotopic (exact) mass is 409 g/mol. The molecule has 0 saturated heterocycles. The average molecular weight is 411 g/mol. The topological polar surface area (TPSA) is 72.7 Å². The van der Waals surface area contributed by atoms with Gasteiger partial charge in [0.2, 0.25) is 11.7 Å². The van der Waals surface area contributed by atoms with Gasteiger partial charge in [-0.05, 0) is 41.5 Å². The third kappa shape index (κ3) is 4.72. The molecule has 0 radical (unpaired) electrons. The minimum absolute atomic E-state index is 0.0359. The van der Waals surface area contributed by atoms with Crippen molar-refractivity contribution in [2.24, 2.45) is 0 Å². The van der Waals surface area contributed by atoms with Gasteiger partial charge in [-0.15, -0.1) is 10.2 Å². The van der Waals surface area contributed by atoms with Crippen molar-refractivity contribution in [1.29, 1.82) is 0 Å². The Morgan fingerprint density at radius 2 is 1.88 bits per heavy atom. The standard InChI is InChI=1S/C17H14Cl3N5O/c18-12-6-5-11(15(20)9-12)7-8-21-16(26)10-25-23-17(22-24-25)13-3-1-2-4-14(13)19/h1-6,9H,7-8,10H2,(H,21,26). The zero-order valence-electron chi connectivity index (χ0n) is 13.5. The average Bonchev–Trinajstić information content (AvgIpc) is 3.05. The highest BCUT2D eigenvalue weighted by atomic mass is 35.5. The van der Waals surface area contributed by atoms with Gasteiger partial charge in [0, 0.05) is 22.2 Å². The first kappa shape index (κ1) is 18.6. The summed E-state index contributed by atoms with van der Waals surface area (Å²) in [5.74, 6) is 0.148. The fourth-order valence-corrected chi connectivity index (χ4v) is 3.03. The van der Waals surface area contributed by atoms with Gasteiger partial charge in [-0.3, -0.25) is 4.79 Å². The summed E-state index contributed by atoms with van der Waals surface area (Å²) in [4.78, 5) is 13.3. The number of halogens is 3. The molecule has 1 aromatic heterocycles. The number of rotatable bonds is 6. The van der Waals surface area contributed by atoms with Gasteiger partial charge in [0.25, 0.3) is 0 Å². The second kappa shape index (κ2) is 8.49. The van der Waals surface area contributed by atoms with E-state index in [0.717, 1.165) is 5.56 Å². The van der Waals surface area contributed by atoms with Gasteiger partial charge >= 0.3 is 0 Å². The van der Waals surface area contributed by atoms with Crippen LogP contribution in [0.3, 0.4) is 0 Å². The van der Waals surface area contributed by atoms with Crippen LogP contribution in [0.1, 0.15) is 5.56 Å². The van der Waals surface area contributed by atoms with Gasteiger partial charge in [0.05, 0.1) is 5.02 Å². The molecule has 1 N–H and O–H groups in total. The summed E-state index contributed by atoms with van der Waals surface area (Å²) in [7, 11) is 0. The number of hydrogen-bond donors (Lipinski definition) is 1. The van der Waals surface area contributed by atoms with Crippen molar-refractivity contribution >= 4 is 40.7 Å². The molecule has 1 heterocycles.